The number of aliphatic hydroxyl groups is 1. The van der Waals surface area contributed by atoms with Crippen molar-refractivity contribution in [2.24, 2.45) is 47.3 Å². The van der Waals surface area contributed by atoms with Crippen LogP contribution >= 0.6 is 0 Å². The third kappa shape index (κ3) is 6.58. The van der Waals surface area contributed by atoms with Gasteiger partial charge in [-0.25, -0.2) is 4.39 Å². The number of carbonyl (C=O) groups is 1. The molecule has 5 fully saturated rings. The van der Waals surface area contributed by atoms with E-state index in [1.165, 1.54) is 38.6 Å². The summed E-state index contributed by atoms with van der Waals surface area (Å²) < 4.78 is 20.1. The van der Waals surface area contributed by atoms with E-state index in [-0.39, 0.29) is 23.9 Å². The number of halogens is 1. The number of nitrogens with one attached hydrogen (secondary N) is 1. The lowest BCUT2D eigenvalue weighted by atomic mass is 9.66. The van der Waals surface area contributed by atoms with E-state index in [4.69, 9.17) is 4.74 Å². The molecule has 0 aromatic heterocycles. The Morgan fingerprint density at radius 2 is 1.73 bits per heavy atom. The number of aliphatic carboxylic acids is 1. The minimum atomic E-state index is -0.949. The number of alkyl halides is 1. The van der Waals surface area contributed by atoms with Crippen LogP contribution in [-0.4, -0.2) is 71.9 Å². The summed E-state index contributed by atoms with van der Waals surface area (Å²) in [6.45, 7) is 6.53. The SMILES string of the molecule is COC1CCCC(CNC(O)C2CCC3C(C2)C(C)C(C)N3CC2CCC(C3CCCCC3C(=O)O)CC2)C1F. The predicted octanol–water partition coefficient (Wildman–Crippen LogP) is 5.87. The quantitative estimate of drug-likeness (QED) is 0.304. The molecule has 11 unspecified atom stereocenters. The topological polar surface area (TPSA) is 82.0 Å². The van der Waals surface area contributed by atoms with Crippen LogP contribution in [0.3, 0.4) is 0 Å². The molecule has 5 rings (SSSR count). The number of carboxylic acids is 1. The highest BCUT2D eigenvalue weighted by atomic mass is 19.1. The van der Waals surface area contributed by atoms with E-state index in [1.807, 2.05) is 0 Å². The molecule has 0 aromatic carbocycles. The van der Waals surface area contributed by atoms with Gasteiger partial charge in [-0.05, 0) is 113 Å². The predicted molar refractivity (Wildman–Crippen MR) is 156 cm³/mol. The zero-order chi connectivity index (χ0) is 28.4. The first-order valence-corrected chi connectivity index (χ1v) is 16.8. The number of rotatable bonds is 9. The van der Waals surface area contributed by atoms with Crippen LogP contribution < -0.4 is 5.32 Å². The van der Waals surface area contributed by atoms with Gasteiger partial charge in [-0.3, -0.25) is 15.0 Å². The maximum atomic E-state index is 14.8. The Kier molecular flexibility index (Phi) is 10.5. The fourth-order valence-corrected chi connectivity index (χ4v) is 9.98. The van der Waals surface area contributed by atoms with E-state index in [0.29, 0.717) is 42.3 Å². The molecule has 4 saturated carbocycles. The van der Waals surface area contributed by atoms with Crippen molar-refractivity contribution in [1.29, 1.82) is 0 Å². The summed E-state index contributed by atoms with van der Waals surface area (Å²) >= 11 is 0. The Morgan fingerprint density at radius 1 is 0.975 bits per heavy atom. The van der Waals surface area contributed by atoms with Gasteiger partial charge in [-0.15, -0.1) is 0 Å². The number of hydrogen-bond donors (Lipinski definition) is 3. The van der Waals surface area contributed by atoms with E-state index >= 15 is 0 Å². The monoisotopic (exact) mass is 564 g/mol. The molecule has 0 bridgehead atoms. The zero-order valence-corrected chi connectivity index (χ0v) is 25.4. The first-order chi connectivity index (χ1) is 19.3. The fraction of sp³-hybridized carbons (Fsp3) is 0.970. The summed E-state index contributed by atoms with van der Waals surface area (Å²) in [7, 11) is 1.60. The Morgan fingerprint density at radius 3 is 2.45 bits per heavy atom. The van der Waals surface area contributed by atoms with Gasteiger partial charge in [0.05, 0.1) is 12.0 Å². The van der Waals surface area contributed by atoms with Crippen molar-refractivity contribution in [3.8, 4) is 0 Å². The molecule has 1 saturated heterocycles. The van der Waals surface area contributed by atoms with Gasteiger partial charge < -0.3 is 14.9 Å². The van der Waals surface area contributed by atoms with Crippen molar-refractivity contribution in [3.63, 3.8) is 0 Å². The molecule has 0 aromatic rings. The number of ether oxygens (including phenoxy) is 1. The number of likely N-dealkylation sites (tertiary alicyclic amines) is 1. The van der Waals surface area contributed by atoms with E-state index in [1.54, 1.807) is 7.11 Å². The highest BCUT2D eigenvalue weighted by Crippen LogP contribution is 2.48. The van der Waals surface area contributed by atoms with Crippen molar-refractivity contribution >= 4 is 5.97 Å². The molecular formula is C33H57FN2O4. The standard InChI is InChI=1S/C33H57FN2O4/c1-20-21(2)36(19-22-11-13-23(14-12-22)26-8-4-5-9-27(26)33(38)39)29-16-15-24(17-28(20)29)32(37)35-18-25-7-6-10-30(40-3)31(25)34/h20-32,35,37H,4-19H2,1-3H3,(H,38,39). The van der Waals surface area contributed by atoms with Crippen molar-refractivity contribution in [3.05, 3.63) is 0 Å². The normalized spacial score (nSPS) is 45.6. The minimum absolute atomic E-state index is 0.0752. The molecule has 5 aliphatic rings. The second-order valence-corrected chi connectivity index (χ2v) is 14.5. The van der Waals surface area contributed by atoms with Crippen molar-refractivity contribution < 1.29 is 24.1 Å². The van der Waals surface area contributed by atoms with Crippen molar-refractivity contribution in [2.75, 3.05) is 20.2 Å². The average molecular weight is 565 g/mol. The number of hydrogen-bond acceptors (Lipinski definition) is 5. The minimum Gasteiger partial charge on any atom is -0.481 e. The van der Waals surface area contributed by atoms with Gasteiger partial charge in [0.1, 0.15) is 12.4 Å². The van der Waals surface area contributed by atoms with Gasteiger partial charge >= 0.3 is 5.97 Å². The van der Waals surface area contributed by atoms with Gasteiger partial charge in [0.25, 0.3) is 0 Å². The van der Waals surface area contributed by atoms with E-state index in [9.17, 15) is 19.4 Å². The van der Waals surface area contributed by atoms with Crippen molar-refractivity contribution in [2.45, 2.75) is 134 Å². The van der Waals surface area contributed by atoms with Crippen LogP contribution in [0.4, 0.5) is 4.39 Å². The summed E-state index contributed by atoms with van der Waals surface area (Å²) in [5, 5.41) is 24.2. The van der Waals surface area contributed by atoms with E-state index in [0.717, 1.165) is 63.7 Å². The van der Waals surface area contributed by atoms with Gasteiger partial charge in [0.2, 0.25) is 0 Å². The van der Waals surface area contributed by atoms with Gasteiger partial charge in [0, 0.05) is 38.2 Å². The van der Waals surface area contributed by atoms with Crippen LogP contribution in [0, 0.1) is 47.3 Å². The average Bonchev–Trinajstić information content (AvgIpc) is 3.21. The third-order valence-corrected chi connectivity index (χ3v) is 12.6. The number of aliphatic hydroxyl groups excluding tert-OH is 1. The molecule has 230 valence electrons. The van der Waals surface area contributed by atoms with E-state index < -0.39 is 18.4 Å². The Bertz CT molecular complexity index is 822. The Hall–Kier alpha value is -0.760. The van der Waals surface area contributed by atoms with E-state index in [2.05, 4.69) is 24.1 Å². The lowest BCUT2D eigenvalue weighted by Crippen LogP contribution is -2.48. The summed E-state index contributed by atoms with van der Waals surface area (Å²) in [4.78, 5) is 14.7. The summed E-state index contributed by atoms with van der Waals surface area (Å²) in [6.07, 6.45) is 13.2. The van der Waals surface area contributed by atoms with Crippen LogP contribution in [0.2, 0.25) is 0 Å². The molecular weight excluding hydrogens is 507 g/mol. The summed E-state index contributed by atoms with van der Waals surface area (Å²) in [5.41, 5.74) is 0. The first kappa shape index (κ1) is 30.7. The third-order valence-electron chi connectivity index (χ3n) is 12.6. The number of nitrogens with zero attached hydrogens (tertiary/aromatic N) is 1. The fourth-order valence-electron chi connectivity index (χ4n) is 9.98. The molecule has 7 heteroatoms. The van der Waals surface area contributed by atoms with Crippen LogP contribution in [0.15, 0.2) is 0 Å². The lowest BCUT2D eigenvalue weighted by Gasteiger charge is -2.42. The van der Waals surface area contributed by atoms with Gasteiger partial charge in [0.15, 0.2) is 0 Å². The molecule has 3 N–H and O–H groups in total. The van der Waals surface area contributed by atoms with Crippen LogP contribution in [-0.2, 0) is 9.53 Å². The van der Waals surface area contributed by atoms with Crippen LogP contribution in [0.5, 0.6) is 0 Å². The number of carboxylic acid groups (broad SMARTS) is 1. The second kappa shape index (κ2) is 13.7. The van der Waals surface area contributed by atoms with Crippen molar-refractivity contribution in [1.82, 2.24) is 10.2 Å². The zero-order valence-electron chi connectivity index (χ0n) is 25.4. The molecule has 6 nitrogen and oxygen atoms in total. The smallest absolute Gasteiger partial charge is 0.306 e. The number of methoxy groups -OCH3 is 1. The van der Waals surface area contributed by atoms with Gasteiger partial charge in [-0.1, -0.05) is 26.2 Å². The molecule has 0 spiro atoms. The van der Waals surface area contributed by atoms with Crippen LogP contribution in [0.25, 0.3) is 0 Å². The molecule has 0 amide bonds. The van der Waals surface area contributed by atoms with Crippen LogP contribution in [0.1, 0.15) is 104 Å². The molecule has 4 aliphatic carbocycles. The molecule has 0 radical (unpaired) electrons. The van der Waals surface area contributed by atoms with Gasteiger partial charge in [-0.2, -0.15) is 0 Å². The summed E-state index contributed by atoms with van der Waals surface area (Å²) in [6, 6.07) is 1.17. The highest BCUT2D eigenvalue weighted by Gasteiger charge is 2.49. The molecule has 1 aliphatic heterocycles. The highest BCUT2D eigenvalue weighted by molar-refractivity contribution is 5.70. The molecule has 40 heavy (non-hydrogen) atoms. The number of fused-ring (bicyclic) bond motifs is 1. The molecule has 1 heterocycles. The summed E-state index contributed by atoms with van der Waals surface area (Å²) in [5.74, 6) is 2.44. The maximum absolute atomic E-state index is 14.8. The Balaban J connectivity index is 1.10. The second-order valence-electron chi connectivity index (χ2n) is 14.5. The molecule has 11 atom stereocenters. The largest absolute Gasteiger partial charge is 0.481 e. The lowest BCUT2D eigenvalue weighted by molar-refractivity contribution is -0.146. The maximum Gasteiger partial charge on any atom is 0.306 e. The Labute approximate surface area is 242 Å². The first-order valence-electron chi connectivity index (χ1n) is 16.8.